The second kappa shape index (κ2) is 6.50. The van der Waals surface area contributed by atoms with Gasteiger partial charge in [0.2, 0.25) is 0 Å². The zero-order valence-electron chi connectivity index (χ0n) is 10.8. The average molecular weight is 262 g/mol. The monoisotopic (exact) mass is 262 g/mol. The van der Waals surface area contributed by atoms with Crippen molar-refractivity contribution in [2.45, 2.75) is 26.7 Å². The summed E-state index contributed by atoms with van der Waals surface area (Å²) in [5.41, 5.74) is 0.531. The van der Waals surface area contributed by atoms with Crippen molar-refractivity contribution >= 4 is 11.7 Å². The Bertz CT molecular complexity index is 546. The molecule has 0 N–H and O–H groups in total. The first-order chi connectivity index (χ1) is 9.04. The molecule has 0 fully saturated rings. The Balaban J connectivity index is 3.28. The van der Waals surface area contributed by atoms with Crippen LogP contribution in [0.25, 0.3) is 0 Å². The van der Waals surface area contributed by atoms with E-state index in [2.05, 4.69) is 0 Å². The van der Waals surface area contributed by atoms with Gasteiger partial charge in [0.05, 0.1) is 18.0 Å². The van der Waals surface area contributed by atoms with Crippen LogP contribution in [0, 0.1) is 21.4 Å². The Labute approximate surface area is 110 Å². The van der Waals surface area contributed by atoms with E-state index in [9.17, 15) is 14.9 Å². The second-order valence-electron chi connectivity index (χ2n) is 3.81. The van der Waals surface area contributed by atoms with Crippen molar-refractivity contribution in [2.75, 3.05) is 6.61 Å². The van der Waals surface area contributed by atoms with Gasteiger partial charge in [-0.05, 0) is 18.9 Å². The van der Waals surface area contributed by atoms with E-state index in [4.69, 9.17) is 10.00 Å². The van der Waals surface area contributed by atoms with Crippen molar-refractivity contribution in [1.29, 1.82) is 5.26 Å². The molecule has 6 heteroatoms. The van der Waals surface area contributed by atoms with Crippen LogP contribution in [0.5, 0.6) is 0 Å². The standard InChI is InChI=1S/C13H14N2O4/c1-3-9-5-6-10(7-12(16)19-4-2)11(8-14)13(9)15(17)18/h5-6H,3-4,7H2,1-2H3. The smallest absolute Gasteiger partial charge is 0.310 e. The van der Waals surface area contributed by atoms with Gasteiger partial charge in [-0.15, -0.1) is 0 Å². The predicted molar refractivity (Wildman–Crippen MR) is 67.5 cm³/mol. The molecule has 0 aromatic heterocycles. The Morgan fingerprint density at radius 1 is 1.42 bits per heavy atom. The van der Waals surface area contributed by atoms with E-state index >= 15 is 0 Å². The highest BCUT2D eigenvalue weighted by molar-refractivity contribution is 5.75. The number of benzene rings is 1. The molecule has 0 aliphatic heterocycles. The Morgan fingerprint density at radius 2 is 2.05 bits per heavy atom. The molecular weight excluding hydrogens is 248 g/mol. The first kappa shape index (κ1) is 14.6. The minimum absolute atomic E-state index is 0.0580. The van der Waals surface area contributed by atoms with E-state index in [0.717, 1.165) is 0 Å². The topological polar surface area (TPSA) is 93.2 Å². The maximum atomic E-state index is 11.4. The average Bonchev–Trinajstić information content (AvgIpc) is 2.38. The van der Waals surface area contributed by atoms with Gasteiger partial charge in [-0.25, -0.2) is 0 Å². The van der Waals surface area contributed by atoms with Crippen molar-refractivity contribution < 1.29 is 14.5 Å². The van der Waals surface area contributed by atoms with Crippen LogP contribution in [-0.4, -0.2) is 17.5 Å². The first-order valence-electron chi connectivity index (χ1n) is 5.89. The number of nitriles is 1. The maximum Gasteiger partial charge on any atom is 0.310 e. The van der Waals surface area contributed by atoms with Crippen molar-refractivity contribution in [3.63, 3.8) is 0 Å². The molecule has 0 spiro atoms. The highest BCUT2D eigenvalue weighted by Crippen LogP contribution is 2.27. The number of nitro groups is 1. The number of esters is 1. The quantitative estimate of drug-likeness (QED) is 0.460. The summed E-state index contributed by atoms with van der Waals surface area (Å²) < 4.78 is 4.78. The summed E-state index contributed by atoms with van der Waals surface area (Å²) in [6.07, 6.45) is 0.312. The van der Waals surface area contributed by atoms with Crippen LogP contribution < -0.4 is 0 Å². The largest absolute Gasteiger partial charge is 0.466 e. The van der Waals surface area contributed by atoms with Gasteiger partial charge in [0.25, 0.3) is 5.69 Å². The fourth-order valence-electron chi connectivity index (χ4n) is 1.81. The number of hydrogen-bond acceptors (Lipinski definition) is 5. The van der Waals surface area contributed by atoms with Crippen LogP contribution in [0.2, 0.25) is 0 Å². The number of rotatable bonds is 5. The van der Waals surface area contributed by atoms with Crippen LogP contribution in [0.1, 0.15) is 30.5 Å². The van der Waals surface area contributed by atoms with Crippen LogP contribution in [-0.2, 0) is 22.4 Å². The molecule has 1 aromatic rings. The third kappa shape index (κ3) is 3.28. The molecule has 0 unspecified atom stereocenters. The summed E-state index contributed by atoms with van der Waals surface area (Å²) in [4.78, 5) is 21.9. The number of nitro benzene ring substituents is 1. The lowest BCUT2D eigenvalue weighted by Crippen LogP contribution is -2.10. The second-order valence-corrected chi connectivity index (χ2v) is 3.81. The zero-order chi connectivity index (χ0) is 14.4. The van der Waals surface area contributed by atoms with E-state index < -0.39 is 10.9 Å². The van der Waals surface area contributed by atoms with Gasteiger partial charge >= 0.3 is 5.97 Å². The third-order valence-electron chi connectivity index (χ3n) is 2.66. The first-order valence-corrected chi connectivity index (χ1v) is 5.89. The molecule has 0 bridgehead atoms. The number of aryl methyl sites for hydroxylation is 1. The third-order valence-corrected chi connectivity index (χ3v) is 2.66. The van der Waals surface area contributed by atoms with Gasteiger partial charge in [-0.2, -0.15) is 5.26 Å². The highest BCUT2D eigenvalue weighted by atomic mass is 16.6. The zero-order valence-corrected chi connectivity index (χ0v) is 10.8. The molecule has 0 heterocycles. The molecule has 1 aromatic carbocycles. The molecule has 100 valence electrons. The lowest BCUT2D eigenvalue weighted by Gasteiger charge is -2.07. The van der Waals surface area contributed by atoms with Crippen LogP contribution in [0.3, 0.4) is 0 Å². The number of carbonyl (C=O) groups excluding carboxylic acids is 1. The number of nitrogens with zero attached hydrogens (tertiary/aromatic N) is 2. The molecule has 0 saturated heterocycles. The summed E-state index contributed by atoms with van der Waals surface area (Å²) in [6, 6.07) is 4.97. The Morgan fingerprint density at radius 3 is 2.53 bits per heavy atom. The molecule has 0 radical (unpaired) electrons. The molecular formula is C13H14N2O4. The maximum absolute atomic E-state index is 11.4. The SMILES string of the molecule is CCOC(=O)Cc1ccc(CC)c([N+](=O)[O-])c1C#N. The highest BCUT2D eigenvalue weighted by Gasteiger charge is 2.23. The molecule has 19 heavy (non-hydrogen) atoms. The normalized spacial score (nSPS) is 9.74. The molecule has 6 nitrogen and oxygen atoms in total. The van der Waals surface area contributed by atoms with Gasteiger partial charge in [-0.3, -0.25) is 14.9 Å². The van der Waals surface area contributed by atoms with E-state index in [1.807, 2.05) is 6.07 Å². The summed E-state index contributed by atoms with van der Waals surface area (Å²) in [6.45, 7) is 3.68. The van der Waals surface area contributed by atoms with Gasteiger partial charge in [-0.1, -0.05) is 19.1 Å². The van der Waals surface area contributed by atoms with Gasteiger partial charge in [0.15, 0.2) is 0 Å². The molecule has 0 saturated carbocycles. The van der Waals surface area contributed by atoms with Crippen LogP contribution in [0.15, 0.2) is 12.1 Å². The number of ether oxygens (including phenoxy) is 1. The number of hydrogen-bond donors (Lipinski definition) is 0. The fourth-order valence-corrected chi connectivity index (χ4v) is 1.81. The lowest BCUT2D eigenvalue weighted by molar-refractivity contribution is -0.385. The van der Waals surface area contributed by atoms with Crippen LogP contribution in [0.4, 0.5) is 5.69 Å². The van der Waals surface area contributed by atoms with E-state index in [0.29, 0.717) is 17.5 Å². The summed E-state index contributed by atoms with van der Waals surface area (Å²) in [5.74, 6) is -0.502. The van der Waals surface area contributed by atoms with Crippen molar-refractivity contribution in [1.82, 2.24) is 0 Å². The van der Waals surface area contributed by atoms with Gasteiger partial charge in [0, 0.05) is 5.56 Å². The summed E-state index contributed by atoms with van der Waals surface area (Å²) in [7, 11) is 0. The van der Waals surface area contributed by atoms with E-state index in [1.165, 1.54) is 0 Å². The van der Waals surface area contributed by atoms with Crippen molar-refractivity contribution in [3.8, 4) is 6.07 Å². The van der Waals surface area contributed by atoms with Crippen molar-refractivity contribution in [2.24, 2.45) is 0 Å². The number of carbonyl (C=O) groups is 1. The summed E-state index contributed by atoms with van der Waals surface area (Å²) in [5, 5.41) is 20.2. The molecule has 1 rings (SSSR count). The molecule has 0 aliphatic rings. The summed E-state index contributed by atoms with van der Waals surface area (Å²) >= 11 is 0. The van der Waals surface area contributed by atoms with Crippen LogP contribution >= 0.6 is 0 Å². The van der Waals surface area contributed by atoms with E-state index in [1.54, 1.807) is 26.0 Å². The Kier molecular flexibility index (Phi) is 5.01. The molecule has 0 aliphatic carbocycles. The molecule has 0 atom stereocenters. The van der Waals surface area contributed by atoms with Crippen molar-refractivity contribution in [3.05, 3.63) is 38.9 Å². The van der Waals surface area contributed by atoms with E-state index in [-0.39, 0.29) is 24.3 Å². The minimum atomic E-state index is -0.577. The minimum Gasteiger partial charge on any atom is -0.466 e. The Hall–Kier alpha value is -2.42. The lowest BCUT2D eigenvalue weighted by atomic mass is 9.98. The predicted octanol–water partition coefficient (Wildman–Crippen LogP) is 2.13. The van der Waals surface area contributed by atoms with Gasteiger partial charge < -0.3 is 4.74 Å². The van der Waals surface area contributed by atoms with Gasteiger partial charge in [0.1, 0.15) is 11.6 Å². The molecule has 0 amide bonds. The fraction of sp³-hybridized carbons (Fsp3) is 0.385.